The molecule has 0 saturated carbocycles. The van der Waals surface area contributed by atoms with Gasteiger partial charge in [-0.15, -0.1) is 0 Å². The third-order valence-electron chi connectivity index (χ3n) is 2.79. The standard InChI is InChI=1S/C12H24N6O5/c13-7(3-1-5-17-11(15)21)9(19)23-10(20)8(14)4-2-6-18-12(16)22/h7-8H,1-6,13-14H2,(H3,15,17,21)(H3,16,18,22)/t7-,8-/m0/s1. The number of hydrogen-bond donors (Lipinski definition) is 6. The molecule has 2 atom stereocenters. The van der Waals surface area contributed by atoms with Crippen molar-refractivity contribution in [1.82, 2.24) is 10.6 Å². The van der Waals surface area contributed by atoms with Crippen LogP contribution >= 0.6 is 0 Å². The highest BCUT2D eigenvalue weighted by Crippen LogP contribution is 2.01. The van der Waals surface area contributed by atoms with Crippen LogP contribution in [0, 0.1) is 0 Å². The van der Waals surface area contributed by atoms with Gasteiger partial charge in [-0.05, 0) is 25.7 Å². The Balaban J connectivity index is 3.95. The third-order valence-corrected chi connectivity index (χ3v) is 2.79. The van der Waals surface area contributed by atoms with Crippen molar-refractivity contribution in [2.24, 2.45) is 22.9 Å². The van der Waals surface area contributed by atoms with Crippen LogP contribution in [0.1, 0.15) is 25.7 Å². The van der Waals surface area contributed by atoms with Crippen molar-refractivity contribution >= 4 is 24.0 Å². The van der Waals surface area contributed by atoms with Gasteiger partial charge in [-0.25, -0.2) is 19.2 Å². The predicted octanol–water partition coefficient (Wildman–Crippen LogP) is -2.39. The van der Waals surface area contributed by atoms with E-state index in [1.165, 1.54) is 0 Å². The predicted molar refractivity (Wildman–Crippen MR) is 80.7 cm³/mol. The number of carbonyl (C=O) groups excluding carboxylic acids is 4. The number of rotatable bonds is 10. The maximum absolute atomic E-state index is 11.6. The molecule has 0 heterocycles. The summed E-state index contributed by atoms with van der Waals surface area (Å²) in [5, 5.41) is 4.68. The van der Waals surface area contributed by atoms with Crippen LogP contribution < -0.4 is 33.6 Å². The molecule has 0 saturated heterocycles. The molecule has 0 unspecified atom stereocenters. The van der Waals surface area contributed by atoms with Gasteiger partial charge >= 0.3 is 24.0 Å². The summed E-state index contributed by atoms with van der Waals surface area (Å²) in [7, 11) is 0. The van der Waals surface area contributed by atoms with Crippen LogP contribution in [-0.2, 0) is 14.3 Å². The van der Waals surface area contributed by atoms with Gasteiger partial charge in [-0.2, -0.15) is 0 Å². The second-order valence-corrected chi connectivity index (χ2v) is 4.82. The van der Waals surface area contributed by atoms with E-state index in [1.807, 2.05) is 0 Å². The smallest absolute Gasteiger partial charge is 0.330 e. The molecule has 11 nitrogen and oxygen atoms in total. The molecule has 23 heavy (non-hydrogen) atoms. The third kappa shape index (κ3) is 10.9. The lowest BCUT2D eigenvalue weighted by molar-refractivity contribution is -0.161. The Kier molecular flexibility index (Phi) is 10.0. The number of nitrogens with two attached hydrogens (primary N) is 4. The SMILES string of the molecule is NC(=O)NCCC[C@H](N)C(=O)OC(=O)[C@@H](N)CCCNC(N)=O. The summed E-state index contributed by atoms with van der Waals surface area (Å²) in [4.78, 5) is 44.1. The average molecular weight is 332 g/mol. The monoisotopic (exact) mass is 332 g/mol. The Labute approximate surface area is 133 Å². The molecule has 0 bridgehead atoms. The van der Waals surface area contributed by atoms with Crippen LogP contribution in [0.3, 0.4) is 0 Å². The number of primary amides is 2. The highest BCUT2D eigenvalue weighted by Gasteiger charge is 2.22. The molecule has 0 aliphatic rings. The number of carbonyl (C=O) groups is 4. The molecule has 11 heteroatoms. The summed E-state index contributed by atoms with van der Waals surface area (Å²) < 4.78 is 4.58. The summed E-state index contributed by atoms with van der Waals surface area (Å²) in [6.45, 7) is 0.521. The van der Waals surface area contributed by atoms with Crippen molar-refractivity contribution in [3.05, 3.63) is 0 Å². The van der Waals surface area contributed by atoms with Crippen molar-refractivity contribution in [3.63, 3.8) is 0 Å². The molecule has 0 spiro atoms. The van der Waals surface area contributed by atoms with Crippen molar-refractivity contribution in [2.75, 3.05) is 13.1 Å². The minimum atomic E-state index is -1.00. The first-order valence-electron chi connectivity index (χ1n) is 7.07. The number of esters is 2. The van der Waals surface area contributed by atoms with Gasteiger partial charge in [-0.1, -0.05) is 0 Å². The largest absolute Gasteiger partial charge is 0.391 e. The fourth-order valence-corrected chi connectivity index (χ4v) is 1.55. The van der Waals surface area contributed by atoms with Gasteiger partial charge < -0.3 is 38.3 Å². The Morgan fingerprint density at radius 3 is 1.43 bits per heavy atom. The lowest BCUT2D eigenvalue weighted by Gasteiger charge is -2.13. The zero-order valence-corrected chi connectivity index (χ0v) is 12.7. The van der Waals surface area contributed by atoms with Gasteiger partial charge in [0.15, 0.2) is 0 Å². The van der Waals surface area contributed by atoms with Crippen LogP contribution in [0.4, 0.5) is 9.59 Å². The molecular weight excluding hydrogens is 308 g/mol. The Bertz CT molecular complexity index is 392. The second-order valence-electron chi connectivity index (χ2n) is 4.82. The van der Waals surface area contributed by atoms with E-state index in [0.717, 1.165) is 0 Å². The van der Waals surface area contributed by atoms with Crippen LogP contribution in [0.25, 0.3) is 0 Å². The van der Waals surface area contributed by atoms with Crippen molar-refractivity contribution in [1.29, 1.82) is 0 Å². The van der Waals surface area contributed by atoms with Gasteiger partial charge in [0, 0.05) is 13.1 Å². The lowest BCUT2D eigenvalue weighted by Crippen LogP contribution is -2.40. The van der Waals surface area contributed by atoms with Crippen LogP contribution in [-0.4, -0.2) is 49.2 Å². The molecule has 0 aromatic heterocycles. The Morgan fingerprint density at radius 2 is 1.13 bits per heavy atom. The number of amides is 4. The van der Waals surface area contributed by atoms with E-state index >= 15 is 0 Å². The first-order valence-corrected chi connectivity index (χ1v) is 7.07. The number of nitrogens with one attached hydrogen (secondary N) is 2. The quantitative estimate of drug-likeness (QED) is 0.145. The summed E-state index contributed by atoms with van der Waals surface area (Å²) in [6.07, 6.45) is 1.23. The molecule has 0 aromatic rings. The molecule has 0 fully saturated rings. The summed E-state index contributed by atoms with van der Waals surface area (Å²) in [6, 6.07) is -3.35. The zero-order chi connectivity index (χ0) is 17.8. The van der Waals surface area contributed by atoms with E-state index in [9.17, 15) is 19.2 Å². The first kappa shape index (κ1) is 20.6. The normalized spacial score (nSPS) is 12.8. The fourth-order valence-electron chi connectivity index (χ4n) is 1.55. The van der Waals surface area contributed by atoms with Crippen LogP contribution in [0.2, 0.25) is 0 Å². The molecule has 132 valence electrons. The Hall–Kier alpha value is -2.40. The topological polar surface area (TPSA) is 206 Å². The molecule has 0 aliphatic carbocycles. The van der Waals surface area contributed by atoms with Gasteiger partial charge in [0.1, 0.15) is 12.1 Å². The molecule has 0 radical (unpaired) electrons. The number of ether oxygens (including phenoxy) is 1. The summed E-state index contributed by atoms with van der Waals surface area (Å²) in [5.41, 5.74) is 20.9. The maximum Gasteiger partial charge on any atom is 0.330 e. The van der Waals surface area contributed by atoms with E-state index in [-0.39, 0.29) is 25.9 Å². The van der Waals surface area contributed by atoms with Gasteiger partial charge in [0.2, 0.25) is 0 Å². The Morgan fingerprint density at radius 1 is 0.783 bits per heavy atom. The minimum absolute atomic E-state index is 0.212. The van der Waals surface area contributed by atoms with Crippen LogP contribution in [0.5, 0.6) is 0 Å². The summed E-state index contributed by atoms with van der Waals surface area (Å²) in [5.74, 6) is -1.78. The van der Waals surface area contributed by atoms with E-state index in [2.05, 4.69) is 15.4 Å². The van der Waals surface area contributed by atoms with Crippen molar-refractivity contribution < 1.29 is 23.9 Å². The molecule has 0 rings (SSSR count). The number of urea groups is 2. The molecule has 4 amide bonds. The molecular formula is C12H24N6O5. The highest BCUT2D eigenvalue weighted by atomic mass is 16.6. The van der Waals surface area contributed by atoms with Gasteiger partial charge in [0.25, 0.3) is 0 Å². The maximum atomic E-state index is 11.6. The summed E-state index contributed by atoms with van der Waals surface area (Å²) >= 11 is 0. The zero-order valence-electron chi connectivity index (χ0n) is 12.7. The van der Waals surface area contributed by atoms with Gasteiger partial charge in [-0.3, -0.25) is 0 Å². The molecule has 0 aromatic carbocycles. The fraction of sp³-hybridized carbons (Fsp3) is 0.667. The van der Waals surface area contributed by atoms with E-state index in [1.54, 1.807) is 0 Å². The lowest BCUT2D eigenvalue weighted by atomic mass is 10.1. The van der Waals surface area contributed by atoms with Gasteiger partial charge in [0.05, 0.1) is 0 Å². The average Bonchev–Trinajstić information content (AvgIpc) is 2.46. The number of hydrogen-bond acceptors (Lipinski definition) is 7. The first-order chi connectivity index (χ1) is 10.7. The molecule has 10 N–H and O–H groups in total. The van der Waals surface area contributed by atoms with E-state index < -0.39 is 36.1 Å². The van der Waals surface area contributed by atoms with Crippen molar-refractivity contribution in [2.45, 2.75) is 37.8 Å². The van der Waals surface area contributed by atoms with Crippen molar-refractivity contribution in [3.8, 4) is 0 Å². The van der Waals surface area contributed by atoms with E-state index in [4.69, 9.17) is 22.9 Å². The minimum Gasteiger partial charge on any atom is -0.391 e. The van der Waals surface area contributed by atoms with E-state index in [0.29, 0.717) is 12.8 Å². The van der Waals surface area contributed by atoms with Crippen LogP contribution in [0.15, 0.2) is 0 Å². The molecule has 0 aliphatic heterocycles. The highest BCUT2D eigenvalue weighted by molar-refractivity contribution is 5.90. The second kappa shape index (κ2) is 11.2.